The molecule has 2 heterocycles. The van der Waals surface area contributed by atoms with Gasteiger partial charge in [-0.2, -0.15) is 5.26 Å². The summed E-state index contributed by atoms with van der Waals surface area (Å²) in [4.78, 5) is 4.04. The molecule has 0 N–H and O–H groups in total. The highest BCUT2D eigenvalue weighted by molar-refractivity contribution is 6.14. The minimum Gasteiger partial charge on any atom is -0.309 e. The van der Waals surface area contributed by atoms with Gasteiger partial charge >= 0.3 is 0 Å². The van der Waals surface area contributed by atoms with Crippen molar-refractivity contribution in [2.75, 3.05) is 0 Å². The first-order valence-corrected chi connectivity index (χ1v) is 24.6. The summed E-state index contributed by atoms with van der Waals surface area (Å²) in [5.41, 5.74) is 21.0. The monoisotopic (exact) mass is 928 g/mol. The van der Waals surface area contributed by atoms with Gasteiger partial charge in [0.2, 0.25) is 0 Å². The smallest absolute Gasteiger partial charge is 0.195 e. The zero-order valence-electron chi connectivity index (χ0n) is 40.0. The lowest BCUT2D eigenvalue weighted by Gasteiger charge is -2.20. The van der Waals surface area contributed by atoms with E-state index in [2.05, 4.69) is 251 Å². The van der Waals surface area contributed by atoms with E-state index in [0.717, 1.165) is 127 Å². The number of fused-ring (bicyclic) bond motifs is 6. The topological polar surface area (TPSA) is 38.0 Å². The maximum absolute atomic E-state index is 10.8. The van der Waals surface area contributed by atoms with Gasteiger partial charge in [0.05, 0.1) is 51.6 Å². The average Bonchev–Trinajstić information content (AvgIpc) is 3.96. The largest absolute Gasteiger partial charge is 0.309 e. The van der Waals surface area contributed by atoms with E-state index < -0.39 is 0 Å². The third-order valence-corrected chi connectivity index (χ3v) is 14.4. The molecule has 0 fully saturated rings. The van der Waals surface area contributed by atoms with E-state index in [1.807, 2.05) is 25.1 Å². The summed E-state index contributed by atoms with van der Waals surface area (Å²) in [7, 11) is 0. The van der Waals surface area contributed by atoms with Gasteiger partial charge in [-0.15, -0.1) is 0 Å². The summed E-state index contributed by atoms with van der Waals surface area (Å²) >= 11 is 0. The predicted molar refractivity (Wildman–Crippen MR) is 303 cm³/mol. The third-order valence-electron chi connectivity index (χ3n) is 14.4. The Balaban J connectivity index is 1.12. The molecular weight excluding hydrogens is 885 g/mol. The highest BCUT2D eigenvalue weighted by atomic mass is 15.0. The summed E-state index contributed by atoms with van der Waals surface area (Å²) in [5.74, 6) is 0. The Morgan fingerprint density at radius 1 is 0.342 bits per heavy atom. The van der Waals surface area contributed by atoms with Crippen LogP contribution in [0.15, 0.2) is 249 Å². The molecule has 2 aromatic heterocycles. The van der Waals surface area contributed by atoms with E-state index in [9.17, 15) is 5.26 Å². The van der Waals surface area contributed by atoms with Crippen LogP contribution in [0.4, 0.5) is 5.69 Å². The van der Waals surface area contributed by atoms with Crippen molar-refractivity contribution in [3.8, 4) is 84.2 Å². The van der Waals surface area contributed by atoms with Crippen molar-refractivity contribution in [2.24, 2.45) is 0 Å². The molecule has 11 aromatic carbocycles. The fourth-order valence-electron chi connectivity index (χ4n) is 10.9. The molecule has 0 unspecified atom stereocenters. The fourth-order valence-corrected chi connectivity index (χ4v) is 10.9. The summed E-state index contributed by atoms with van der Waals surface area (Å²) in [6.07, 6.45) is 0. The van der Waals surface area contributed by atoms with E-state index in [0.29, 0.717) is 11.3 Å². The van der Waals surface area contributed by atoms with Crippen LogP contribution >= 0.6 is 0 Å². The Morgan fingerprint density at radius 3 is 1.10 bits per heavy atom. The third kappa shape index (κ3) is 7.46. The van der Waals surface area contributed by atoms with Crippen molar-refractivity contribution in [1.29, 1.82) is 5.26 Å². The number of aromatic nitrogens is 2. The van der Waals surface area contributed by atoms with E-state index in [1.165, 1.54) is 0 Å². The van der Waals surface area contributed by atoms with Crippen molar-refractivity contribution >= 4 is 49.3 Å². The van der Waals surface area contributed by atoms with Crippen LogP contribution in [0.2, 0.25) is 0 Å². The van der Waals surface area contributed by atoms with Gasteiger partial charge in [-0.1, -0.05) is 175 Å². The molecule has 0 aliphatic heterocycles. The van der Waals surface area contributed by atoms with Gasteiger partial charge in [-0.05, 0) is 141 Å². The van der Waals surface area contributed by atoms with Crippen molar-refractivity contribution < 1.29 is 0 Å². The van der Waals surface area contributed by atoms with Crippen molar-refractivity contribution in [3.05, 3.63) is 271 Å². The highest BCUT2D eigenvalue weighted by Gasteiger charge is 2.24. The van der Waals surface area contributed by atoms with Crippen LogP contribution in [-0.4, -0.2) is 9.13 Å². The predicted octanol–water partition coefficient (Wildman–Crippen LogP) is 18.6. The molecule has 0 atom stereocenters. The quantitative estimate of drug-likeness (QED) is 0.140. The van der Waals surface area contributed by atoms with Gasteiger partial charge in [0, 0.05) is 32.7 Å². The van der Waals surface area contributed by atoms with Gasteiger partial charge in [0.15, 0.2) is 5.69 Å². The van der Waals surface area contributed by atoms with E-state index in [-0.39, 0.29) is 0 Å². The maximum atomic E-state index is 10.8. The highest BCUT2D eigenvalue weighted by Crippen LogP contribution is 2.46. The Morgan fingerprint density at radius 2 is 0.712 bits per heavy atom. The molecule has 0 saturated heterocycles. The number of aryl methyl sites for hydroxylation is 1. The van der Waals surface area contributed by atoms with Gasteiger partial charge in [-0.25, -0.2) is 4.85 Å². The number of benzene rings is 11. The number of hydrogen-bond acceptors (Lipinski definition) is 1. The molecule has 0 radical (unpaired) electrons. The van der Waals surface area contributed by atoms with Crippen LogP contribution in [0.1, 0.15) is 11.1 Å². The first kappa shape index (κ1) is 43.1. The van der Waals surface area contributed by atoms with Gasteiger partial charge < -0.3 is 9.13 Å². The van der Waals surface area contributed by atoms with Crippen LogP contribution in [0.25, 0.3) is 127 Å². The molecule has 0 saturated carbocycles. The number of hydrogen-bond donors (Lipinski definition) is 0. The molecule has 13 aromatic rings. The first-order valence-electron chi connectivity index (χ1n) is 24.6. The second-order valence-electron chi connectivity index (χ2n) is 18.8. The molecule has 0 spiro atoms. The molecule has 4 heteroatoms. The van der Waals surface area contributed by atoms with Crippen LogP contribution in [0.5, 0.6) is 0 Å². The first-order chi connectivity index (χ1) is 36.0. The minimum atomic E-state index is 0.549. The lowest BCUT2D eigenvalue weighted by atomic mass is 9.93. The summed E-state index contributed by atoms with van der Waals surface area (Å²) < 4.78 is 4.77. The zero-order chi connectivity index (χ0) is 49.0. The SMILES string of the molecule is [C-]#[N+]c1cc(C)ccc1-c1ccc(-n2c3ccc(-c4ccccc4)cc3c3cc(-c4ccccc4)ccc32)c(-c2cc(C#N)ccc2-n2c3ccc(-c4ccccc4)cc3c3cc(-c4ccccc4)ccc32)c1. The fraction of sp³-hybridized carbons (Fsp3) is 0.0145. The van der Waals surface area contributed by atoms with Crippen molar-refractivity contribution in [2.45, 2.75) is 6.92 Å². The maximum Gasteiger partial charge on any atom is 0.195 e. The Kier molecular flexibility index (Phi) is 10.5. The lowest BCUT2D eigenvalue weighted by Crippen LogP contribution is -2.02. The molecule has 340 valence electrons. The van der Waals surface area contributed by atoms with Crippen LogP contribution in [-0.2, 0) is 0 Å². The van der Waals surface area contributed by atoms with E-state index >= 15 is 0 Å². The Labute approximate surface area is 424 Å². The second-order valence-corrected chi connectivity index (χ2v) is 18.8. The zero-order valence-corrected chi connectivity index (χ0v) is 40.0. The molecular formula is C69H44N4. The van der Waals surface area contributed by atoms with Gasteiger partial charge in [0.1, 0.15) is 0 Å². The number of nitriles is 1. The van der Waals surface area contributed by atoms with Gasteiger partial charge in [-0.3, -0.25) is 0 Å². The summed E-state index contributed by atoms with van der Waals surface area (Å²) in [6, 6.07) is 90.7. The van der Waals surface area contributed by atoms with Gasteiger partial charge in [0.25, 0.3) is 0 Å². The Hall–Kier alpha value is -10.0. The minimum absolute atomic E-state index is 0.549. The van der Waals surface area contributed by atoms with Crippen LogP contribution in [0.3, 0.4) is 0 Å². The summed E-state index contributed by atoms with van der Waals surface area (Å²) in [6.45, 7) is 10.3. The molecule has 0 aliphatic rings. The van der Waals surface area contributed by atoms with E-state index in [4.69, 9.17) is 6.57 Å². The molecule has 0 amide bonds. The standard InChI is InChI=1S/C69H44N4/c1-45-23-30-56(63(37-45)71-2)55-29-36-69(73-67-34-27-53(49-19-11-5-12-20-49)41-60(67)61-42-54(28-35-68(61)73)50-21-13-6-14-22-50)62(43-55)57-38-46(44-70)24-31-64(57)72-65-32-25-51(47-15-7-3-8-16-47)39-58(65)59-40-52(26-33-66(59)72)48-17-9-4-10-18-48/h3-43H,1H3. The molecule has 73 heavy (non-hydrogen) atoms. The van der Waals surface area contributed by atoms with Crippen LogP contribution in [0, 0.1) is 24.8 Å². The molecule has 0 bridgehead atoms. The molecule has 4 nitrogen and oxygen atoms in total. The number of nitrogens with zero attached hydrogens (tertiary/aromatic N) is 4. The summed E-state index contributed by atoms with van der Waals surface area (Å²) in [5, 5.41) is 15.3. The van der Waals surface area contributed by atoms with Crippen LogP contribution < -0.4 is 0 Å². The molecule has 13 rings (SSSR count). The second kappa shape index (κ2) is 17.8. The lowest BCUT2D eigenvalue weighted by molar-refractivity contribution is 1.16. The molecule has 0 aliphatic carbocycles. The van der Waals surface area contributed by atoms with Crippen molar-refractivity contribution in [1.82, 2.24) is 9.13 Å². The normalized spacial score (nSPS) is 11.3. The number of rotatable bonds is 8. The average molecular weight is 929 g/mol. The van der Waals surface area contributed by atoms with E-state index in [1.54, 1.807) is 0 Å². The Bertz CT molecular complexity index is 4180. The van der Waals surface area contributed by atoms with Crippen molar-refractivity contribution in [3.63, 3.8) is 0 Å².